The summed E-state index contributed by atoms with van der Waals surface area (Å²) >= 11 is 5.80. The Labute approximate surface area is 148 Å². The van der Waals surface area contributed by atoms with Crippen molar-refractivity contribution in [3.05, 3.63) is 64.2 Å². The third-order valence-electron chi connectivity index (χ3n) is 3.21. The summed E-state index contributed by atoms with van der Waals surface area (Å²) in [5.74, 6) is 5.00. The summed E-state index contributed by atoms with van der Waals surface area (Å²) in [5, 5.41) is 0.279. The van der Waals surface area contributed by atoms with Crippen molar-refractivity contribution in [2.75, 3.05) is 6.54 Å². The first-order valence-corrected chi connectivity index (χ1v) is 8.88. The van der Waals surface area contributed by atoms with Gasteiger partial charge in [0, 0.05) is 10.6 Å². The van der Waals surface area contributed by atoms with Crippen LogP contribution < -0.4 is 4.72 Å². The molecule has 0 saturated heterocycles. The Kier molecular flexibility index (Phi) is 5.78. The van der Waals surface area contributed by atoms with Crippen LogP contribution in [0.2, 0.25) is 5.02 Å². The van der Waals surface area contributed by atoms with Crippen LogP contribution in [0, 0.1) is 18.8 Å². The monoisotopic (exact) mass is 387 g/mol. The highest BCUT2D eigenvalue weighted by Crippen LogP contribution is 2.29. The minimum atomic E-state index is -4.45. The third-order valence-corrected chi connectivity index (χ3v) is 4.99. The third kappa shape index (κ3) is 5.23. The smallest absolute Gasteiger partial charge is 0.207 e. The lowest BCUT2D eigenvalue weighted by molar-refractivity contribution is -0.137. The van der Waals surface area contributed by atoms with E-state index in [-0.39, 0.29) is 22.0 Å². The quantitative estimate of drug-likeness (QED) is 0.809. The molecule has 3 nitrogen and oxygen atoms in total. The van der Waals surface area contributed by atoms with Crippen molar-refractivity contribution >= 4 is 21.6 Å². The van der Waals surface area contributed by atoms with Crippen LogP contribution in [0.3, 0.4) is 0 Å². The van der Waals surface area contributed by atoms with Crippen molar-refractivity contribution < 1.29 is 21.6 Å². The zero-order chi connectivity index (χ0) is 18.7. The molecule has 0 aliphatic carbocycles. The van der Waals surface area contributed by atoms with E-state index in [4.69, 9.17) is 11.6 Å². The van der Waals surface area contributed by atoms with Gasteiger partial charge >= 0.3 is 6.18 Å². The van der Waals surface area contributed by atoms with Crippen molar-refractivity contribution in [3.8, 4) is 11.8 Å². The van der Waals surface area contributed by atoms with Gasteiger partial charge in [0.25, 0.3) is 0 Å². The SMILES string of the molecule is Cc1ccc(Cl)cc1S(=O)(=O)NCC#Cc1cccc(C(F)(F)F)c1. The molecule has 2 aromatic carbocycles. The van der Waals surface area contributed by atoms with Crippen LogP contribution in [0.15, 0.2) is 47.4 Å². The molecule has 0 unspecified atom stereocenters. The zero-order valence-corrected chi connectivity index (χ0v) is 14.6. The molecule has 0 bridgehead atoms. The molecule has 0 amide bonds. The van der Waals surface area contributed by atoms with E-state index in [1.807, 2.05) is 0 Å². The molecule has 1 N–H and O–H groups in total. The summed E-state index contributed by atoms with van der Waals surface area (Å²) in [6.45, 7) is 1.38. The average molecular weight is 388 g/mol. The van der Waals surface area contributed by atoms with Crippen molar-refractivity contribution in [1.82, 2.24) is 4.72 Å². The maximum absolute atomic E-state index is 12.6. The normalized spacial score (nSPS) is 11.7. The number of sulfonamides is 1. The average Bonchev–Trinajstić information content (AvgIpc) is 2.53. The molecule has 2 aromatic rings. The lowest BCUT2D eigenvalue weighted by Gasteiger charge is -2.07. The largest absolute Gasteiger partial charge is 0.416 e. The van der Waals surface area contributed by atoms with Gasteiger partial charge in [-0.3, -0.25) is 0 Å². The van der Waals surface area contributed by atoms with Crippen LogP contribution in [0.25, 0.3) is 0 Å². The first-order chi connectivity index (χ1) is 11.6. The molecule has 0 radical (unpaired) electrons. The highest BCUT2D eigenvalue weighted by Gasteiger charge is 2.30. The van der Waals surface area contributed by atoms with Crippen molar-refractivity contribution in [1.29, 1.82) is 0 Å². The minimum Gasteiger partial charge on any atom is -0.207 e. The topological polar surface area (TPSA) is 46.2 Å². The predicted molar refractivity (Wildman–Crippen MR) is 89.7 cm³/mol. The Hall–Kier alpha value is -2.01. The molecule has 0 heterocycles. The molecule has 0 atom stereocenters. The molecular formula is C17H13ClF3NO2S. The highest BCUT2D eigenvalue weighted by molar-refractivity contribution is 7.89. The standard InChI is InChI=1S/C17H13ClF3NO2S/c1-12-7-8-15(18)11-16(12)25(23,24)22-9-3-5-13-4-2-6-14(10-13)17(19,20)21/h2,4,6-8,10-11,22H,9H2,1H3. The second kappa shape index (κ2) is 7.48. The van der Waals surface area contributed by atoms with Gasteiger partial charge in [0.1, 0.15) is 0 Å². The summed E-state index contributed by atoms with van der Waals surface area (Å²) in [4.78, 5) is 0.0286. The summed E-state index contributed by atoms with van der Waals surface area (Å²) in [7, 11) is -3.82. The number of aryl methyl sites for hydroxylation is 1. The van der Waals surface area contributed by atoms with Gasteiger partial charge in [-0.25, -0.2) is 8.42 Å². The van der Waals surface area contributed by atoms with Gasteiger partial charge in [-0.2, -0.15) is 17.9 Å². The van der Waals surface area contributed by atoms with Crippen LogP contribution in [0.1, 0.15) is 16.7 Å². The fourth-order valence-corrected chi connectivity index (χ4v) is 3.42. The number of hydrogen-bond donors (Lipinski definition) is 1. The molecule has 0 aliphatic rings. The molecule has 0 saturated carbocycles. The van der Waals surface area contributed by atoms with E-state index in [1.165, 1.54) is 18.2 Å². The summed E-state index contributed by atoms with van der Waals surface area (Å²) in [6, 6.07) is 8.97. The number of halogens is 4. The first-order valence-electron chi connectivity index (χ1n) is 7.01. The number of alkyl halides is 3. The van der Waals surface area contributed by atoms with E-state index in [1.54, 1.807) is 19.1 Å². The summed E-state index contributed by atoms with van der Waals surface area (Å²) < 4.78 is 64.6. The number of nitrogens with one attached hydrogen (secondary N) is 1. The molecule has 8 heteroatoms. The van der Waals surface area contributed by atoms with Gasteiger partial charge in [-0.15, -0.1) is 0 Å². The van der Waals surface area contributed by atoms with E-state index < -0.39 is 21.8 Å². The lowest BCUT2D eigenvalue weighted by Crippen LogP contribution is -2.24. The molecule has 132 valence electrons. The Balaban J connectivity index is 2.11. The predicted octanol–water partition coefficient (Wildman–Crippen LogP) is 4.00. The molecule has 0 aromatic heterocycles. The summed E-state index contributed by atoms with van der Waals surface area (Å²) in [6.07, 6.45) is -4.45. The van der Waals surface area contributed by atoms with Gasteiger partial charge in [0.2, 0.25) is 10.0 Å². The molecule has 0 fully saturated rings. The molecule has 2 rings (SSSR count). The van der Waals surface area contributed by atoms with Gasteiger partial charge in [0.05, 0.1) is 17.0 Å². The van der Waals surface area contributed by atoms with Crippen molar-refractivity contribution in [3.63, 3.8) is 0 Å². The maximum atomic E-state index is 12.6. The number of hydrogen-bond acceptors (Lipinski definition) is 2. The highest BCUT2D eigenvalue weighted by atomic mass is 35.5. The van der Waals surface area contributed by atoms with E-state index in [9.17, 15) is 21.6 Å². The fraction of sp³-hybridized carbons (Fsp3) is 0.176. The van der Waals surface area contributed by atoms with Crippen LogP contribution in [0.5, 0.6) is 0 Å². The van der Waals surface area contributed by atoms with E-state index in [0.717, 1.165) is 12.1 Å². The van der Waals surface area contributed by atoms with E-state index in [0.29, 0.717) is 5.56 Å². The first kappa shape index (κ1) is 19.3. The zero-order valence-electron chi connectivity index (χ0n) is 13.0. The Morgan fingerprint density at radius 3 is 2.56 bits per heavy atom. The Bertz CT molecular complexity index is 944. The van der Waals surface area contributed by atoms with Crippen molar-refractivity contribution in [2.24, 2.45) is 0 Å². The molecular weight excluding hydrogens is 375 g/mol. The molecule has 0 aliphatic heterocycles. The van der Waals surface area contributed by atoms with Crippen molar-refractivity contribution in [2.45, 2.75) is 18.0 Å². The number of benzene rings is 2. The second-order valence-electron chi connectivity index (χ2n) is 5.11. The minimum absolute atomic E-state index is 0.0286. The molecule has 0 spiro atoms. The van der Waals surface area contributed by atoms with Gasteiger partial charge < -0.3 is 0 Å². The van der Waals surface area contributed by atoms with Crippen LogP contribution in [0.4, 0.5) is 13.2 Å². The fourth-order valence-electron chi connectivity index (χ4n) is 1.99. The van der Waals surface area contributed by atoms with Crippen LogP contribution >= 0.6 is 11.6 Å². The van der Waals surface area contributed by atoms with Crippen LogP contribution in [-0.2, 0) is 16.2 Å². The van der Waals surface area contributed by atoms with Gasteiger partial charge in [-0.05, 0) is 42.8 Å². The second-order valence-corrected chi connectivity index (χ2v) is 7.29. The Morgan fingerprint density at radius 2 is 1.88 bits per heavy atom. The van der Waals surface area contributed by atoms with Gasteiger partial charge in [-0.1, -0.05) is 35.6 Å². The lowest BCUT2D eigenvalue weighted by atomic mass is 10.1. The molecule has 25 heavy (non-hydrogen) atoms. The Morgan fingerprint density at radius 1 is 1.16 bits per heavy atom. The van der Waals surface area contributed by atoms with E-state index in [2.05, 4.69) is 16.6 Å². The van der Waals surface area contributed by atoms with E-state index >= 15 is 0 Å². The van der Waals surface area contributed by atoms with Gasteiger partial charge in [0.15, 0.2) is 0 Å². The summed E-state index contributed by atoms with van der Waals surface area (Å²) in [5.41, 5.74) is -0.148. The van der Waals surface area contributed by atoms with Crippen LogP contribution in [-0.4, -0.2) is 15.0 Å². The maximum Gasteiger partial charge on any atom is 0.416 e. The number of rotatable bonds is 3.